The van der Waals surface area contributed by atoms with Gasteiger partial charge in [0.15, 0.2) is 5.54 Å². The van der Waals surface area contributed by atoms with E-state index in [1.807, 2.05) is 58.0 Å². The summed E-state index contributed by atoms with van der Waals surface area (Å²) in [5.41, 5.74) is 7.02. The van der Waals surface area contributed by atoms with Crippen LogP contribution >= 0.6 is 0 Å². The molecule has 3 rings (SSSR count). The first-order valence-electron chi connectivity index (χ1n) is 14.4. The number of hydrogen-bond acceptors (Lipinski definition) is 8. The summed E-state index contributed by atoms with van der Waals surface area (Å²) in [5, 5.41) is 6.54. The van der Waals surface area contributed by atoms with Crippen molar-refractivity contribution in [2.45, 2.75) is 110 Å². The van der Waals surface area contributed by atoms with E-state index in [-0.39, 0.29) is 19.7 Å². The van der Waals surface area contributed by atoms with E-state index >= 15 is 0 Å². The van der Waals surface area contributed by atoms with Crippen molar-refractivity contribution < 1.29 is 33.2 Å². The van der Waals surface area contributed by atoms with Gasteiger partial charge >= 0.3 is 19.2 Å². The SMILES string of the molecule is C[C@H](NC(=O)OC(C)(C)C)C(=O)N1C[C@H](CCCB2OC(C)(C)C(C)(C)O2)C(N=[N+]=[N-])(C(=O)OCc2ccccc2)C1. The number of carbonyl (C=O) groups excluding carboxylic acids is 3. The van der Waals surface area contributed by atoms with Crippen LogP contribution in [0.3, 0.4) is 0 Å². The number of amides is 2. The number of ether oxygens (including phenoxy) is 2. The summed E-state index contributed by atoms with van der Waals surface area (Å²) in [7, 11) is -0.425. The Bertz CT molecular complexity index is 1170. The number of carbonyl (C=O) groups is 3. The van der Waals surface area contributed by atoms with Crippen molar-refractivity contribution in [1.29, 1.82) is 0 Å². The number of azide groups is 1. The van der Waals surface area contributed by atoms with Crippen LogP contribution in [-0.4, -0.2) is 71.5 Å². The van der Waals surface area contributed by atoms with Gasteiger partial charge in [-0.2, -0.15) is 0 Å². The Morgan fingerprint density at radius 1 is 1.17 bits per heavy atom. The standard InChI is InChI=1S/C29H44BN5O7/c1-20(32-25(38)40-26(2,3)4)23(36)35-17-22(15-12-16-30-41-27(5,6)28(7,8)42-30)29(19-35,33-34-31)24(37)39-18-21-13-10-9-11-14-21/h9-11,13-14,20,22H,12,15-19H2,1-8H3,(H,32,38)/t20-,22-,29?/m0/s1. The van der Waals surface area contributed by atoms with Crippen LogP contribution in [0, 0.1) is 5.92 Å². The second-order valence-corrected chi connectivity index (χ2v) is 13.1. The Kier molecular flexibility index (Phi) is 10.2. The third-order valence-corrected chi connectivity index (χ3v) is 8.05. The number of benzene rings is 1. The molecular weight excluding hydrogens is 541 g/mol. The molecule has 1 N–H and O–H groups in total. The molecule has 2 heterocycles. The zero-order valence-electron chi connectivity index (χ0n) is 26.0. The second kappa shape index (κ2) is 12.9. The lowest BCUT2D eigenvalue weighted by Crippen LogP contribution is -2.49. The van der Waals surface area contributed by atoms with Gasteiger partial charge in [-0.05, 0) is 79.2 Å². The monoisotopic (exact) mass is 585 g/mol. The Hall–Kier alpha value is -3.28. The molecule has 2 aliphatic rings. The molecule has 2 saturated heterocycles. The Morgan fingerprint density at radius 3 is 2.36 bits per heavy atom. The Balaban J connectivity index is 1.77. The van der Waals surface area contributed by atoms with Gasteiger partial charge in [-0.15, -0.1) is 0 Å². The number of hydrogen-bond donors (Lipinski definition) is 1. The van der Waals surface area contributed by atoms with E-state index in [1.54, 1.807) is 27.7 Å². The predicted molar refractivity (Wildman–Crippen MR) is 157 cm³/mol. The van der Waals surface area contributed by atoms with E-state index < -0.39 is 59.4 Å². The molecule has 12 nitrogen and oxygen atoms in total. The fourth-order valence-electron chi connectivity index (χ4n) is 5.15. The molecule has 230 valence electrons. The van der Waals surface area contributed by atoms with Gasteiger partial charge in [-0.3, -0.25) is 9.59 Å². The van der Waals surface area contributed by atoms with Crippen LogP contribution in [0.1, 0.15) is 73.8 Å². The highest BCUT2D eigenvalue weighted by molar-refractivity contribution is 6.45. The highest BCUT2D eigenvalue weighted by Crippen LogP contribution is 2.40. The number of nitrogens with zero attached hydrogens (tertiary/aromatic N) is 4. The lowest BCUT2D eigenvalue weighted by Gasteiger charge is -2.32. The second-order valence-electron chi connectivity index (χ2n) is 13.1. The molecule has 13 heteroatoms. The maximum Gasteiger partial charge on any atom is 0.457 e. The van der Waals surface area contributed by atoms with Gasteiger partial charge in [0, 0.05) is 23.9 Å². The first-order valence-corrected chi connectivity index (χ1v) is 14.4. The molecule has 0 saturated carbocycles. The number of esters is 1. The predicted octanol–water partition coefficient (Wildman–Crippen LogP) is 5.02. The van der Waals surface area contributed by atoms with Gasteiger partial charge in [-0.25, -0.2) is 4.79 Å². The zero-order valence-corrected chi connectivity index (χ0v) is 26.0. The van der Waals surface area contributed by atoms with E-state index in [0.717, 1.165) is 5.56 Å². The van der Waals surface area contributed by atoms with Crippen molar-refractivity contribution >= 4 is 25.1 Å². The van der Waals surface area contributed by atoms with E-state index in [9.17, 15) is 19.9 Å². The fourth-order valence-corrected chi connectivity index (χ4v) is 5.15. The summed E-state index contributed by atoms with van der Waals surface area (Å²) in [6.07, 6.45) is 0.856. The minimum absolute atomic E-state index is 0.00639. The number of rotatable bonds is 10. The average molecular weight is 586 g/mol. The normalized spacial score (nSPS) is 23.6. The van der Waals surface area contributed by atoms with Gasteiger partial charge in [-0.1, -0.05) is 41.9 Å². The third-order valence-electron chi connectivity index (χ3n) is 8.05. The van der Waals surface area contributed by atoms with Crippen LogP contribution in [-0.2, 0) is 35.0 Å². The number of alkyl carbamates (subject to hydrolysis) is 1. The quantitative estimate of drug-likeness (QED) is 0.133. The Labute approximate surface area is 248 Å². The minimum Gasteiger partial charge on any atom is -0.460 e. The molecule has 3 atom stereocenters. The van der Waals surface area contributed by atoms with Crippen LogP contribution in [0.4, 0.5) is 4.79 Å². The van der Waals surface area contributed by atoms with Crippen molar-refractivity contribution in [3.63, 3.8) is 0 Å². The van der Waals surface area contributed by atoms with E-state index in [0.29, 0.717) is 19.2 Å². The Morgan fingerprint density at radius 2 is 1.79 bits per heavy atom. The summed E-state index contributed by atoms with van der Waals surface area (Å²) < 4.78 is 23.2. The van der Waals surface area contributed by atoms with Gasteiger partial charge in [0.1, 0.15) is 18.2 Å². The molecule has 2 amide bonds. The first kappa shape index (κ1) is 33.2. The molecule has 0 aromatic heterocycles. The largest absolute Gasteiger partial charge is 0.460 e. The molecule has 1 aromatic carbocycles. The summed E-state index contributed by atoms with van der Waals surface area (Å²) >= 11 is 0. The van der Waals surface area contributed by atoms with Crippen molar-refractivity contribution in [1.82, 2.24) is 10.2 Å². The van der Waals surface area contributed by atoms with Gasteiger partial charge in [0.25, 0.3) is 0 Å². The van der Waals surface area contributed by atoms with Gasteiger partial charge < -0.3 is 29.0 Å². The first-order chi connectivity index (χ1) is 19.5. The van der Waals surface area contributed by atoms with Crippen LogP contribution in [0.25, 0.3) is 10.4 Å². The summed E-state index contributed by atoms with van der Waals surface area (Å²) in [4.78, 5) is 43.8. The van der Waals surface area contributed by atoms with Crippen LogP contribution in [0.5, 0.6) is 0 Å². The van der Waals surface area contributed by atoms with Crippen molar-refractivity contribution in [2.75, 3.05) is 13.1 Å². The molecule has 1 unspecified atom stereocenters. The summed E-state index contributed by atoms with van der Waals surface area (Å²) in [6.45, 7) is 14.6. The van der Waals surface area contributed by atoms with Crippen LogP contribution in [0.2, 0.25) is 6.32 Å². The maximum atomic E-state index is 13.6. The van der Waals surface area contributed by atoms with Gasteiger partial charge in [0.2, 0.25) is 5.91 Å². The van der Waals surface area contributed by atoms with E-state index in [4.69, 9.17) is 18.8 Å². The van der Waals surface area contributed by atoms with Crippen LogP contribution in [0.15, 0.2) is 35.4 Å². The molecule has 0 aliphatic carbocycles. The smallest absolute Gasteiger partial charge is 0.457 e. The van der Waals surface area contributed by atoms with Crippen molar-refractivity contribution in [2.24, 2.45) is 11.0 Å². The highest BCUT2D eigenvalue weighted by Gasteiger charge is 2.55. The van der Waals surface area contributed by atoms with Gasteiger partial charge in [0.05, 0.1) is 11.2 Å². The molecule has 2 fully saturated rings. The lowest BCUT2D eigenvalue weighted by atomic mass is 9.78. The molecule has 42 heavy (non-hydrogen) atoms. The summed E-state index contributed by atoms with van der Waals surface area (Å²) in [5.74, 6) is -1.66. The molecule has 0 radical (unpaired) electrons. The fraction of sp³-hybridized carbons (Fsp3) is 0.690. The number of likely N-dealkylation sites (tertiary alicyclic amines) is 1. The zero-order chi connectivity index (χ0) is 31.3. The topological polar surface area (TPSA) is 152 Å². The third kappa shape index (κ3) is 7.96. The molecule has 1 aromatic rings. The molecule has 2 aliphatic heterocycles. The highest BCUT2D eigenvalue weighted by atomic mass is 16.7. The molecule has 0 spiro atoms. The van der Waals surface area contributed by atoms with Crippen molar-refractivity contribution in [3.05, 3.63) is 46.3 Å². The van der Waals surface area contributed by atoms with Crippen LogP contribution < -0.4 is 5.32 Å². The lowest BCUT2D eigenvalue weighted by molar-refractivity contribution is -0.152. The van der Waals surface area contributed by atoms with E-state index in [2.05, 4.69) is 15.3 Å². The van der Waals surface area contributed by atoms with E-state index in [1.165, 1.54) is 4.90 Å². The number of nitrogens with one attached hydrogen (secondary N) is 1. The van der Waals surface area contributed by atoms with Crippen molar-refractivity contribution in [3.8, 4) is 0 Å². The summed E-state index contributed by atoms with van der Waals surface area (Å²) in [6, 6.07) is 8.23. The average Bonchev–Trinajstić information content (AvgIpc) is 3.34. The maximum absolute atomic E-state index is 13.6. The molecule has 0 bridgehead atoms. The molecular formula is C29H44BN5O7. The minimum atomic E-state index is -1.64.